The fourth-order valence-electron chi connectivity index (χ4n) is 1.31. The van der Waals surface area contributed by atoms with Crippen LogP contribution in [0.3, 0.4) is 0 Å². The van der Waals surface area contributed by atoms with E-state index in [2.05, 4.69) is 9.98 Å². The molecule has 0 spiro atoms. The third kappa shape index (κ3) is 4.44. The quantitative estimate of drug-likeness (QED) is 0.666. The first kappa shape index (κ1) is 14.6. The van der Waals surface area contributed by atoms with Crippen LogP contribution >= 0.6 is 11.6 Å². The minimum absolute atomic E-state index is 0.0981. The number of nitrogens with zero attached hydrogens (tertiary/aromatic N) is 2. The summed E-state index contributed by atoms with van der Waals surface area (Å²) >= 11 is 5.96. The van der Waals surface area contributed by atoms with Crippen LogP contribution < -0.4 is 11.5 Å². The van der Waals surface area contributed by atoms with Gasteiger partial charge in [0.05, 0.1) is 13.1 Å². The van der Waals surface area contributed by atoms with Gasteiger partial charge in [0, 0.05) is 41.7 Å². The third-order valence-electron chi connectivity index (χ3n) is 2.11. The van der Waals surface area contributed by atoms with Gasteiger partial charge in [0.1, 0.15) is 5.75 Å². The van der Waals surface area contributed by atoms with Crippen LogP contribution in [0.15, 0.2) is 22.1 Å². The maximum Gasteiger partial charge on any atom is 0.133 e. The van der Waals surface area contributed by atoms with Crippen LogP contribution in [0.25, 0.3) is 0 Å². The van der Waals surface area contributed by atoms with Crippen molar-refractivity contribution in [2.45, 2.75) is 0 Å². The van der Waals surface area contributed by atoms with Gasteiger partial charge in [-0.1, -0.05) is 11.6 Å². The molecule has 0 radical (unpaired) electrons. The molecule has 0 amide bonds. The van der Waals surface area contributed by atoms with Crippen LogP contribution in [-0.2, 0) is 0 Å². The molecule has 0 saturated carbocycles. The summed E-state index contributed by atoms with van der Waals surface area (Å²) in [6.07, 6.45) is 3.10. The van der Waals surface area contributed by atoms with Crippen LogP contribution in [0.2, 0.25) is 5.02 Å². The van der Waals surface area contributed by atoms with Crippen molar-refractivity contribution in [3.8, 4) is 5.75 Å². The normalized spacial score (nSPS) is 11.7. The Hall–Kier alpha value is -1.43. The van der Waals surface area contributed by atoms with E-state index in [4.69, 9.17) is 23.1 Å². The predicted molar refractivity (Wildman–Crippen MR) is 76.1 cm³/mol. The summed E-state index contributed by atoms with van der Waals surface area (Å²) in [4.78, 5) is 8.13. The maximum absolute atomic E-state index is 10.0. The van der Waals surface area contributed by atoms with Crippen LogP contribution in [0, 0.1) is 0 Å². The van der Waals surface area contributed by atoms with Gasteiger partial charge < -0.3 is 16.6 Å². The van der Waals surface area contributed by atoms with Gasteiger partial charge in [-0.2, -0.15) is 0 Å². The summed E-state index contributed by atoms with van der Waals surface area (Å²) in [5.74, 6) is 0.0981. The second-order valence-electron chi connectivity index (χ2n) is 3.58. The average Bonchev–Trinajstić information content (AvgIpc) is 2.35. The van der Waals surface area contributed by atoms with Gasteiger partial charge in [0.2, 0.25) is 0 Å². The molecule has 0 unspecified atom stereocenters. The molecule has 0 aromatic heterocycles. The lowest BCUT2D eigenvalue weighted by atomic mass is 10.1. The number of hydrogen-bond acceptors (Lipinski definition) is 5. The zero-order valence-corrected chi connectivity index (χ0v) is 10.8. The molecule has 6 heteroatoms. The van der Waals surface area contributed by atoms with E-state index in [1.165, 1.54) is 0 Å². The highest BCUT2D eigenvalue weighted by molar-refractivity contribution is 6.31. The van der Waals surface area contributed by atoms with E-state index in [-0.39, 0.29) is 5.75 Å². The number of rotatable bonds is 6. The molecule has 18 heavy (non-hydrogen) atoms. The molecule has 1 aromatic rings. The van der Waals surface area contributed by atoms with E-state index >= 15 is 0 Å². The Morgan fingerprint density at radius 2 is 1.50 bits per heavy atom. The number of benzene rings is 1. The van der Waals surface area contributed by atoms with Crippen molar-refractivity contribution in [1.29, 1.82) is 0 Å². The van der Waals surface area contributed by atoms with Crippen molar-refractivity contribution < 1.29 is 5.11 Å². The molecule has 0 aliphatic rings. The first-order valence-electron chi connectivity index (χ1n) is 5.61. The molecular formula is C12H17ClN4O. The van der Waals surface area contributed by atoms with E-state index in [0.717, 1.165) is 0 Å². The van der Waals surface area contributed by atoms with Gasteiger partial charge in [-0.15, -0.1) is 0 Å². The van der Waals surface area contributed by atoms with E-state index < -0.39 is 0 Å². The van der Waals surface area contributed by atoms with Crippen molar-refractivity contribution in [1.82, 2.24) is 0 Å². The number of aliphatic imine (C=N–C) groups is 2. The van der Waals surface area contributed by atoms with Crippen LogP contribution in [0.1, 0.15) is 11.1 Å². The Kier molecular flexibility index (Phi) is 6.35. The summed E-state index contributed by atoms with van der Waals surface area (Å²) in [7, 11) is 0. The van der Waals surface area contributed by atoms with Gasteiger partial charge in [0.15, 0.2) is 0 Å². The summed E-state index contributed by atoms with van der Waals surface area (Å²) in [6, 6.07) is 3.27. The molecule has 0 heterocycles. The minimum atomic E-state index is 0.0981. The van der Waals surface area contributed by atoms with E-state index in [9.17, 15) is 5.11 Å². The molecule has 0 saturated heterocycles. The van der Waals surface area contributed by atoms with Crippen LogP contribution in [-0.4, -0.2) is 43.7 Å². The molecule has 5 N–H and O–H groups in total. The zero-order chi connectivity index (χ0) is 13.4. The molecule has 0 aliphatic heterocycles. The monoisotopic (exact) mass is 268 g/mol. The molecule has 98 valence electrons. The zero-order valence-electron chi connectivity index (χ0n) is 10.0. The van der Waals surface area contributed by atoms with Gasteiger partial charge in [-0.25, -0.2) is 0 Å². The first-order chi connectivity index (χ1) is 8.69. The number of aromatic hydroxyl groups is 1. The summed E-state index contributed by atoms with van der Waals surface area (Å²) in [5.41, 5.74) is 11.8. The second-order valence-corrected chi connectivity index (χ2v) is 4.02. The first-order valence-corrected chi connectivity index (χ1v) is 5.99. The number of phenols is 1. The molecule has 0 bridgehead atoms. The highest BCUT2D eigenvalue weighted by atomic mass is 35.5. The molecule has 0 atom stereocenters. The lowest BCUT2D eigenvalue weighted by Gasteiger charge is -2.04. The van der Waals surface area contributed by atoms with E-state index in [1.807, 2.05) is 0 Å². The number of halogens is 1. The second kappa shape index (κ2) is 7.81. The molecule has 0 aliphatic carbocycles. The molecule has 5 nitrogen and oxygen atoms in total. The Bertz CT molecular complexity index is 409. The van der Waals surface area contributed by atoms with Crippen molar-refractivity contribution >= 4 is 24.0 Å². The summed E-state index contributed by atoms with van der Waals surface area (Å²) < 4.78 is 0. The Labute approximate surface area is 111 Å². The lowest BCUT2D eigenvalue weighted by Crippen LogP contribution is -2.03. The van der Waals surface area contributed by atoms with Gasteiger partial charge >= 0.3 is 0 Å². The van der Waals surface area contributed by atoms with Gasteiger partial charge in [-0.05, 0) is 12.1 Å². The molecular weight excluding hydrogens is 252 g/mol. The van der Waals surface area contributed by atoms with E-state index in [0.29, 0.717) is 42.3 Å². The SMILES string of the molecule is NCCN=Cc1cc(Cl)cc(C=NCCN)c1O. The molecule has 0 fully saturated rings. The Balaban J connectivity index is 2.98. The van der Waals surface area contributed by atoms with Crippen molar-refractivity contribution in [2.75, 3.05) is 26.2 Å². The maximum atomic E-state index is 10.0. The number of nitrogens with two attached hydrogens (primary N) is 2. The van der Waals surface area contributed by atoms with E-state index in [1.54, 1.807) is 24.6 Å². The summed E-state index contributed by atoms with van der Waals surface area (Å²) in [5, 5.41) is 10.5. The van der Waals surface area contributed by atoms with Gasteiger partial charge in [0.25, 0.3) is 0 Å². The van der Waals surface area contributed by atoms with Crippen molar-refractivity contribution in [3.63, 3.8) is 0 Å². The Morgan fingerprint density at radius 1 is 1.06 bits per heavy atom. The standard InChI is InChI=1S/C12H17ClN4O/c13-11-5-9(7-16-3-1-14)12(18)10(6-11)8-17-4-2-15/h5-8,18H,1-4,14-15H2. The molecule has 1 rings (SSSR count). The largest absolute Gasteiger partial charge is 0.507 e. The van der Waals surface area contributed by atoms with Crippen LogP contribution in [0.4, 0.5) is 0 Å². The predicted octanol–water partition coefficient (Wildman–Crippen LogP) is 0.801. The van der Waals surface area contributed by atoms with Crippen molar-refractivity contribution in [3.05, 3.63) is 28.3 Å². The third-order valence-corrected chi connectivity index (χ3v) is 2.33. The average molecular weight is 269 g/mol. The molecule has 1 aromatic carbocycles. The summed E-state index contributed by atoms with van der Waals surface area (Å²) in [6.45, 7) is 1.93. The highest BCUT2D eigenvalue weighted by Crippen LogP contribution is 2.24. The Morgan fingerprint density at radius 3 is 1.89 bits per heavy atom. The highest BCUT2D eigenvalue weighted by Gasteiger charge is 2.06. The number of phenolic OH excluding ortho intramolecular Hbond substituents is 1. The smallest absolute Gasteiger partial charge is 0.133 e. The lowest BCUT2D eigenvalue weighted by molar-refractivity contribution is 0.473. The van der Waals surface area contributed by atoms with Gasteiger partial charge in [-0.3, -0.25) is 9.98 Å². The topological polar surface area (TPSA) is 97.0 Å². The minimum Gasteiger partial charge on any atom is -0.507 e. The van der Waals surface area contributed by atoms with Crippen LogP contribution in [0.5, 0.6) is 5.75 Å². The fourth-order valence-corrected chi connectivity index (χ4v) is 1.55. The van der Waals surface area contributed by atoms with Crippen molar-refractivity contribution in [2.24, 2.45) is 21.5 Å². The fraction of sp³-hybridized carbons (Fsp3) is 0.333. The number of hydrogen-bond donors (Lipinski definition) is 3.